The molecule has 9 heteroatoms. The molecule has 0 saturated carbocycles. The van der Waals surface area contributed by atoms with Crippen LogP contribution in [0.2, 0.25) is 0 Å². The van der Waals surface area contributed by atoms with Crippen LogP contribution < -0.4 is 4.90 Å². The molecule has 0 N–H and O–H groups in total. The maximum atomic E-state index is 4.32. The molecule has 2 aromatic carbocycles. The number of azo groups is 2. The Bertz CT molecular complexity index is 978. The second-order valence-corrected chi connectivity index (χ2v) is 8.96. The van der Waals surface area contributed by atoms with Crippen LogP contribution in [0.1, 0.15) is 33.6 Å². The van der Waals surface area contributed by atoms with Crippen molar-refractivity contribution in [2.45, 2.75) is 38.0 Å². The minimum Gasteiger partial charge on any atom is -0.372 e. The molecule has 3 rings (SSSR count). The normalized spacial score (nSPS) is 11.6. The Morgan fingerprint density at radius 1 is 0.774 bits per heavy atom. The highest BCUT2D eigenvalue weighted by molar-refractivity contribution is 8.01. The first-order chi connectivity index (χ1) is 15.2. The number of unbranched alkanes of at least 4 members (excludes halogenated alkanes) is 1. The molecule has 7 nitrogen and oxygen atoms in total. The Kier molecular flexibility index (Phi) is 9.11. The molecule has 31 heavy (non-hydrogen) atoms. The lowest BCUT2D eigenvalue weighted by molar-refractivity contribution is 0.866. The van der Waals surface area contributed by atoms with Gasteiger partial charge in [0, 0.05) is 24.5 Å². The van der Waals surface area contributed by atoms with Crippen LogP contribution in [0.5, 0.6) is 0 Å². The third-order valence-electron chi connectivity index (χ3n) is 4.48. The number of thioether (sulfide) groups is 1. The van der Waals surface area contributed by atoms with Crippen LogP contribution in [0.15, 0.2) is 73.3 Å². The molecule has 1 heterocycles. The summed E-state index contributed by atoms with van der Waals surface area (Å²) < 4.78 is 0.934. The van der Waals surface area contributed by atoms with Crippen molar-refractivity contribution in [2.24, 2.45) is 20.5 Å². The summed E-state index contributed by atoms with van der Waals surface area (Å²) in [6, 6.07) is 15.6. The van der Waals surface area contributed by atoms with E-state index in [4.69, 9.17) is 0 Å². The topological polar surface area (TPSA) is 78.5 Å². The molecule has 1 aromatic heterocycles. The molecule has 0 radical (unpaired) electrons. The van der Waals surface area contributed by atoms with E-state index in [1.165, 1.54) is 29.9 Å². The van der Waals surface area contributed by atoms with Gasteiger partial charge in [-0.2, -0.15) is 10.2 Å². The van der Waals surface area contributed by atoms with Crippen LogP contribution >= 0.6 is 23.1 Å². The highest BCUT2D eigenvalue weighted by atomic mass is 32.2. The number of nitrogens with zero attached hydrogens (tertiary/aromatic N) is 7. The van der Waals surface area contributed by atoms with Crippen LogP contribution in [0.25, 0.3) is 0 Å². The van der Waals surface area contributed by atoms with E-state index in [0.29, 0.717) is 5.13 Å². The summed E-state index contributed by atoms with van der Waals surface area (Å²) >= 11 is 3.18. The highest BCUT2D eigenvalue weighted by Crippen LogP contribution is 2.29. The van der Waals surface area contributed by atoms with Gasteiger partial charge in [0.2, 0.25) is 0 Å². The monoisotopic (exact) mass is 453 g/mol. The number of hydrogen-bond acceptors (Lipinski definition) is 9. The van der Waals surface area contributed by atoms with E-state index in [1.807, 2.05) is 36.4 Å². The molecule has 0 aliphatic rings. The van der Waals surface area contributed by atoms with Crippen LogP contribution in [0.4, 0.5) is 27.9 Å². The maximum Gasteiger partial charge on any atom is 0.252 e. The van der Waals surface area contributed by atoms with Gasteiger partial charge in [-0.25, -0.2) is 0 Å². The van der Waals surface area contributed by atoms with Crippen molar-refractivity contribution in [1.29, 1.82) is 0 Å². The van der Waals surface area contributed by atoms with Gasteiger partial charge in [-0.3, -0.25) is 0 Å². The molecule has 0 atom stereocenters. The predicted molar refractivity (Wildman–Crippen MR) is 130 cm³/mol. The molecule has 0 aliphatic carbocycles. The number of benzene rings is 2. The lowest BCUT2D eigenvalue weighted by atomic mass is 10.2. The van der Waals surface area contributed by atoms with Crippen molar-refractivity contribution in [1.82, 2.24) is 10.2 Å². The van der Waals surface area contributed by atoms with Gasteiger partial charge in [-0.1, -0.05) is 36.4 Å². The molecular formula is C22H27N7S2. The number of anilines is 1. The van der Waals surface area contributed by atoms with Crippen molar-refractivity contribution in [3.8, 4) is 0 Å². The van der Waals surface area contributed by atoms with E-state index in [0.717, 1.165) is 40.2 Å². The Morgan fingerprint density at radius 2 is 1.32 bits per heavy atom. The first kappa shape index (κ1) is 23.0. The lowest BCUT2D eigenvalue weighted by Gasteiger charge is -2.20. The number of aromatic nitrogens is 2. The first-order valence-electron chi connectivity index (χ1n) is 10.5. The van der Waals surface area contributed by atoms with Crippen molar-refractivity contribution >= 4 is 51.0 Å². The third-order valence-corrected chi connectivity index (χ3v) is 6.51. The summed E-state index contributed by atoms with van der Waals surface area (Å²) in [4.78, 5) is 2.29. The van der Waals surface area contributed by atoms with E-state index >= 15 is 0 Å². The van der Waals surface area contributed by atoms with Gasteiger partial charge in [0.15, 0.2) is 4.34 Å². The van der Waals surface area contributed by atoms with Gasteiger partial charge in [0.25, 0.3) is 5.13 Å². The Hall–Kier alpha value is -2.65. The zero-order chi connectivity index (χ0) is 21.9. The lowest BCUT2D eigenvalue weighted by Crippen LogP contribution is -2.21. The Morgan fingerprint density at radius 3 is 1.87 bits per heavy atom. The minimum absolute atomic E-state index is 0.566. The van der Waals surface area contributed by atoms with Gasteiger partial charge >= 0.3 is 0 Å². The van der Waals surface area contributed by atoms with Crippen LogP contribution in [0, 0.1) is 0 Å². The van der Waals surface area contributed by atoms with Gasteiger partial charge in [0.05, 0.1) is 17.1 Å². The van der Waals surface area contributed by atoms with E-state index < -0.39 is 0 Å². The van der Waals surface area contributed by atoms with Crippen molar-refractivity contribution in [2.75, 3.05) is 23.7 Å². The van der Waals surface area contributed by atoms with E-state index in [2.05, 4.69) is 68.5 Å². The molecule has 0 saturated heterocycles. The van der Waals surface area contributed by atoms with Crippen LogP contribution in [-0.4, -0.2) is 29.0 Å². The van der Waals surface area contributed by atoms with E-state index in [-0.39, 0.29) is 0 Å². The quantitative estimate of drug-likeness (QED) is 0.167. The summed E-state index contributed by atoms with van der Waals surface area (Å²) in [7, 11) is 0. The standard InChI is InChI=1S/C22H27N7S2/c1-4-7-16-30-22-28-27-21(31-22)26-25-18-10-8-17(9-11-18)23-24-19-12-14-20(15-13-19)29(5-2)6-3/h8-15H,4-7,16H2,1-3H3/b24-23+,26-25+. The highest BCUT2D eigenvalue weighted by Gasteiger charge is 2.04. The fourth-order valence-corrected chi connectivity index (χ4v) is 4.54. The SMILES string of the molecule is CCCCSc1nnc(/N=N/c2ccc(/N=N/c3ccc(N(CC)CC)cc3)cc2)s1. The fraction of sp³-hybridized carbons (Fsp3) is 0.364. The largest absolute Gasteiger partial charge is 0.372 e. The van der Waals surface area contributed by atoms with Gasteiger partial charge in [-0.05, 0) is 68.8 Å². The summed E-state index contributed by atoms with van der Waals surface area (Å²) in [5.74, 6) is 1.05. The molecule has 162 valence electrons. The Balaban J connectivity index is 1.55. The summed E-state index contributed by atoms with van der Waals surface area (Å²) in [5.41, 5.74) is 3.51. The van der Waals surface area contributed by atoms with Crippen LogP contribution in [-0.2, 0) is 0 Å². The molecule has 0 bridgehead atoms. The van der Waals surface area contributed by atoms with Crippen LogP contribution in [0.3, 0.4) is 0 Å². The third kappa shape index (κ3) is 7.22. The Labute approximate surface area is 191 Å². The average Bonchev–Trinajstić information content (AvgIpc) is 3.26. The molecule has 3 aromatic rings. The van der Waals surface area contributed by atoms with E-state index in [1.54, 1.807) is 11.8 Å². The summed E-state index contributed by atoms with van der Waals surface area (Å²) in [6.45, 7) is 8.45. The minimum atomic E-state index is 0.566. The zero-order valence-corrected chi connectivity index (χ0v) is 19.7. The van der Waals surface area contributed by atoms with E-state index in [9.17, 15) is 0 Å². The molecule has 0 spiro atoms. The summed E-state index contributed by atoms with van der Waals surface area (Å²) in [6.07, 6.45) is 2.35. The smallest absolute Gasteiger partial charge is 0.252 e. The molecule has 0 amide bonds. The van der Waals surface area contributed by atoms with Crippen molar-refractivity contribution in [3.05, 3.63) is 48.5 Å². The number of hydrogen-bond donors (Lipinski definition) is 0. The summed E-state index contributed by atoms with van der Waals surface area (Å²) in [5, 5.41) is 25.8. The first-order valence-corrected chi connectivity index (χ1v) is 12.3. The van der Waals surface area contributed by atoms with Gasteiger partial charge < -0.3 is 4.90 Å². The van der Waals surface area contributed by atoms with Crippen molar-refractivity contribution in [3.63, 3.8) is 0 Å². The maximum absolute atomic E-state index is 4.32. The zero-order valence-electron chi connectivity index (χ0n) is 18.1. The van der Waals surface area contributed by atoms with Crippen molar-refractivity contribution < 1.29 is 0 Å². The molecule has 0 aliphatic heterocycles. The fourth-order valence-electron chi connectivity index (χ4n) is 2.73. The van der Waals surface area contributed by atoms with Gasteiger partial charge in [-0.15, -0.1) is 20.4 Å². The molecular weight excluding hydrogens is 426 g/mol. The van der Waals surface area contributed by atoms with Gasteiger partial charge in [0.1, 0.15) is 0 Å². The number of rotatable bonds is 11. The molecule has 0 unspecified atom stereocenters. The second kappa shape index (κ2) is 12.3. The average molecular weight is 454 g/mol. The second-order valence-electron chi connectivity index (χ2n) is 6.66. The molecule has 0 fully saturated rings. The predicted octanol–water partition coefficient (Wildman–Crippen LogP) is 8.11.